The molecular weight excluding hydrogens is 245 g/mol. The molecule has 2 nitrogen and oxygen atoms in total. The summed E-state index contributed by atoms with van der Waals surface area (Å²) in [6.45, 7) is 5.44. The van der Waals surface area contributed by atoms with E-state index in [1.807, 2.05) is 19.9 Å². The van der Waals surface area contributed by atoms with Gasteiger partial charge in [-0.2, -0.15) is 0 Å². The van der Waals surface area contributed by atoms with Gasteiger partial charge in [-0.1, -0.05) is 0 Å². The summed E-state index contributed by atoms with van der Waals surface area (Å²) in [5.74, 6) is 1.46. The van der Waals surface area contributed by atoms with Crippen LogP contribution in [0.25, 0.3) is 0 Å². The van der Waals surface area contributed by atoms with Gasteiger partial charge in [-0.25, -0.2) is 0 Å². The maximum atomic E-state index is 9.60. The molecule has 1 N–H and O–H groups in total. The van der Waals surface area contributed by atoms with Crippen LogP contribution in [0, 0.1) is 13.8 Å². The highest BCUT2D eigenvalue weighted by Crippen LogP contribution is 2.29. The Morgan fingerprint density at radius 2 is 1.62 bits per heavy atom. The highest BCUT2D eigenvalue weighted by atomic mass is 35.5. The van der Waals surface area contributed by atoms with Crippen molar-refractivity contribution in [1.29, 1.82) is 0 Å². The number of alkyl halides is 2. The van der Waals surface area contributed by atoms with Gasteiger partial charge in [0.1, 0.15) is 5.75 Å². The molecule has 0 bridgehead atoms. The van der Waals surface area contributed by atoms with E-state index >= 15 is 0 Å². The quantitative estimate of drug-likeness (QED) is 0.823. The van der Waals surface area contributed by atoms with E-state index in [9.17, 15) is 5.11 Å². The Hall–Kier alpha value is -0.600. The van der Waals surface area contributed by atoms with Gasteiger partial charge >= 0.3 is 0 Å². The number of hydrogen-bond acceptors (Lipinski definition) is 2. The van der Waals surface area contributed by atoms with Gasteiger partial charge in [-0.05, 0) is 37.1 Å². The minimum absolute atomic E-state index is 0.331. The number of phenols is 1. The number of nitrogens with zero attached hydrogens (tertiary/aromatic N) is 1. The number of hydrogen-bond donors (Lipinski definition) is 1. The van der Waals surface area contributed by atoms with Crippen LogP contribution in [0.1, 0.15) is 11.1 Å². The lowest BCUT2D eigenvalue weighted by molar-refractivity contribution is 0.470. The van der Waals surface area contributed by atoms with Crippen LogP contribution in [0.15, 0.2) is 12.1 Å². The number of aromatic hydroxyl groups is 1. The third-order valence-electron chi connectivity index (χ3n) is 2.78. The first-order chi connectivity index (χ1) is 7.61. The fourth-order valence-electron chi connectivity index (χ4n) is 1.69. The molecule has 0 amide bonds. The first-order valence-electron chi connectivity index (χ1n) is 5.27. The monoisotopic (exact) mass is 261 g/mol. The van der Waals surface area contributed by atoms with Gasteiger partial charge in [0.15, 0.2) is 0 Å². The molecule has 0 heterocycles. The predicted octanol–water partition coefficient (Wildman–Crippen LogP) is 3.29. The molecular formula is C12H17Cl2NO. The van der Waals surface area contributed by atoms with Crippen molar-refractivity contribution in [2.24, 2.45) is 0 Å². The second-order valence-corrected chi connectivity index (χ2v) is 4.47. The Kier molecular flexibility index (Phi) is 5.23. The van der Waals surface area contributed by atoms with Crippen molar-refractivity contribution < 1.29 is 5.11 Å². The lowest BCUT2D eigenvalue weighted by Crippen LogP contribution is -2.28. The van der Waals surface area contributed by atoms with E-state index in [0.29, 0.717) is 17.5 Å². The zero-order valence-electron chi connectivity index (χ0n) is 9.63. The number of anilines is 1. The molecule has 0 saturated carbocycles. The molecule has 1 rings (SSSR count). The Bertz CT molecular complexity index is 349. The smallest absolute Gasteiger partial charge is 0.118 e. The molecule has 0 aromatic heterocycles. The van der Waals surface area contributed by atoms with E-state index in [1.54, 1.807) is 6.07 Å². The van der Waals surface area contributed by atoms with Gasteiger partial charge in [-0.15, -0.1) is 23.2 Å². The van der Waals surface area contributed by atoms with E-state index in [1.165, 1.54) is 0 Å². The number of benzene rings is 1. The van der Waals surface area contributed by atoms with E-state index in [-0.39, 0.29) is 0 Å². The number of rotatable bonds is 5. The van der Waals surface area contributed by atoms with Crippen LogP contribution in [0.5, 0.6) is 5.75 Å². The summed E-state index contributed by atoms with van der Waals surface area (Å²) in [6, 6.07) is 3.63. The summed E-state index contributed by atoms with van der Waals surface area (Å²) < 4.78 is 0. The van der Waals surface area contributed by atoms with Gasteiger partial charge in [0.25, 0.3) is 0 Å². The van der Waals surface area contributed by atoms with Gasteiger partial charge in [0.2, 0.25) is 0 Å². The Morgan fingerprint density at radius 1 is 1.06 bits per heavy atom. The molecule has 1 aromatic carbocycles. The lowest BCUT2D eigenvalue weighted by atomic mass is 10.1. The highest BCUT2D eigenvalue weighted by Gasteiger charge is 2.11. The second-order valence-electron chi connectivity index (χ2n) is 3.72. The fourth-order valence-corrected chi connectivity index (χ4v) is 2.10. The van der Waals surface area contributed by atoms with E-state index in [2.05, 4.69) is 4.90 Å². The van der Waals surface area contributed by atoms with Crippen molar-refractivity contribution in [3.05, 3.63) is 23.3 Å². The third-order valence-corrected chi connectivity index (χ3v) is 3.12. The average Bonchev–Trinajstić information content (AvgIpc) is 2.26. The zero-order chi connectivity index (χ0) is 12.1. The summed E-state index contributed by atoms with van der Waals surface area (Å²) in [5, 5.41) is 9.60. The molecule has 1 aromatic rings. The summed E-state index contributed by atoms with van der Waals surface area (Å²) in [5.41, 5.74) is 3.08. The maximum absolute atomic E-state index is 9.60. The molecule has 0 spiro atoms. The summed E-state index contributed by atoms with van der Waals surface area (Å²) in [7, 11) is 0. The minimum atomic E-state index is 0.331. The van der Waals surface area contributed by atoms with Crippen LogP contribution >= 0.6 is 23.2 Å². The molecule has 0 aliphatic carbocycles. The van der Waals surface area contributed by atoms with E-state index in [0.717, 1.165) is 29.9 Å². The SMILES string of the molecule is Cc1c(O)ccc(N(CCCl)CCCl)c1C. The van der Waals surface area contributed by atoms with Crippen LogP contribution in [0.4, 0.5) is 5.69 Å². The lowest BCUT2D eigenvalue weighted by Gasteiger charge is -2.25. The first-order valence-corrected chi connectivity index (χ1v) is 6.34. The van der Waals surface area contributed by atoms with E-state index < -0.39 is 0 Å². The molecule has 0 atom stereocenters. The molecule has 0 saturated heterocycles. The topological polar surface area (TPSA) is 23.5 Å². The Labute approximate surface area is 107 Å². The first kappa shape index (κ1) is 13.5. The zero-order valence-corrected chi connectivity index (χ0v) is 11.1. The maximum Gasteiger partial charge on any atom is 0.118 e. The van der Waals surface area contributed by atoms with Crippen molar-refractivity contribution >= 4 is 28.9 Å². The van der Waals surface area contributed by atoms with Crippen LogP contribution in [-0.2, 0) is 0 Å². The van der Waals surface area contributed by atoms with Gasteiger partial charge in [0, 0.05) is 30.5 Å². The normalized spacial score (nSPS) is 10.5. The molecule has 90 valence electrons. The molecule has 0 fully saturated rings. The van der Waals surface area contributed by atoms with Gasteiger partial charge in [0.05, 0.1) is 0 Å². The highest BCUT2D eigenvalue weighted by molar-refractivity contribution is 6.18. The Balaban J connectivity index is 3.04. The van der Waals surface area contributed by atoms with Crippen molar-refractivity contribution in [2.75, 3.05) is 29.7 Å². The fraction of sp³-hybridized carbons (Fsp3) is 0.500. The summed E-state index contributed by atoms with van der Waals surface area (Å²) >= 11 is 11.5. The van der Waals surface area contributed by atoms with Crippen molar-refractivity contribution in [3.8, 4) is 5.75 Å². The van der Waals surface area contributed by atoms with Crippen LogP contribution in [0.3, 0.4) is 0 Å². The molecule has 0 radical (unpaired) electrons. The van der Waals surface area contributed by atoms with Crippen LogP contribution in [-0.4, -0.2) is 30.0 Å². The molecule has 16 heavy (non-hydrogen) atoms. The van der Waals surface area contributed by atoms with Crippen molar-refractivity contribution in [3.63, 3.8) is 0 Å². The van der Waals surface area contributed by atoms with Crippen LogP contribution in [0.2, 0.25) is 0 Å². The second kappa shape index (κ2) is 6.21. The number of phenolic OH excluding ortho intramolecular Hbond substituents is 1. The van der Waals surface area contributed by atoms with Crippen molar-refractivity contribution in [1.82, 2.24) is 0 Å². The molecule has 0 aliphatic rings. The van der Waals surface area contributed by atoms with Crippen molar-refractivity contribution in [2.45, 2.75) is 13.8 Å². The molecule has 0 unspecified atom stereocenters. The molecule has 4 heteroatoms. The van der Waals surface area contributed by atoms with Gasteiger partial charge in [-0.3, -0.25) is 0 Å². The van der Waals surface area contributed by atoms with E-state index in [4.69, 9.17) is 23.2 Å². The summed E-state index contributed by atoms with van der Waals surface area (Å²) in [6.07, 6.45) is 0. The predicted molar refractivity (Wildman–Crippen MR) is 71.2 cm³/mol. The van der Waals surface area contributed by atoms with Crippen LogP contribution < -0.4 is 4.90 Å². The Morgan fingerprint density at radius 3 is 2.12 bits per heavy atom. The summed E-state index contributed by atoms with van der Waals surface area (Å²) in [4.78, 5) is 2.14. The average molecular weight is 262 g/mol. The minimum Gasteiger partial charge on any atom is -0.508 e. The van der Waals surface area contributed by atoms with Gasteiger partial charge < -0.3 is 10.0 Å². The third kappa shape index (κ3) is 2.96. The largest absolute Gasteiger partial charge is 0.508 e. The molecule has 0 aliphatic heterocycles. The standard InChI is InChI=1S/C12H17Cl2NO/c1-9-10(2)12(16)4-3-11(9)15(7-5-13)8-6-14/h3-4,16H,5-8H2,1-2H3. The number of halogens is 2.